The summed E-state index contributed by atoms with van der Waals surface area (Å²) in [6, 6.07) is 16.3. The molecule has 0 saturated heterocycles. The number of fused-ring (bicyclic) bond motifs is 3. The topological polar surface area (TPSA) is 91.4 Å². The molecule has 0 saturated carbocycles. The number of carbonyl (C=O) groups is 2. The predicted molar refractivity (Wildman–Crippen MR) is 111 cm³/mol. The smallest absolute Gasteiger partial charge is 0.407 e. The molecule has 1 amide bonds. The van der Waals surface area contributed by atoms with Crippen LogP contribution in [-0.2, 0) is 4.74 Å². The Morgan fingerprint density at radius 3 is 2.40 bits per heavy atom. The molecule has 1 aliphatic rings. The number of nitrogens with one attached hydrogen (secondary N) is 1. The number of carboxylic acid groups (broad SMARTS) is 1. The molecular formula is C23H17N2O4S-. The number of alkyl carbamates (subject to hydrolysis) is 1. The highest BCUT2D eigenvalue weighted by molar-refractivity contribution is 7.11. The molecule has 1 N–H and O–H groups in total. The van der Waals surface area contributed by atoms with E-state index in [1.807, 2.05) is 24.3 Å². The minimum absolute atomic E-state index is 0.0190. The van der Waals surface area contributed by atoms with Crippen molar-refractivity contribution in [2.24, 2.45) is 0 Å². The van der Waals surface area contributed by atoms with Crippen molar-refractivity contribution in [3.63, 3.8) is 0 Å². The van der Waals surface area contributed by atoms with Crippen LogP contribution in [0.25, 0.3) is 11.1 Å². The second-order valence-corrected chi connectivity index (χ2v) is 7.49. The van der Waals surface area contributed by atoms with Crippen molar-refractivity contribution in [2.75, 3.05) is 13.2 Å². The van der Waals surface area contributed by atoms with Gasteiger partial charge in [0.15, 0.2) is 0 Å². The monoisotopic (exact) mass is 417 g/mol. The van der Waals surface area contributed by atoms with E-state index in [4.69, 9.17) is 4.74 Å². The Labute approximate surface area is 177 Å². The molecule has 4 rings (SSSR count). The highest BCUT2D eigenvalue weighted by atomic mass is 32.1. The average molecular weight is 417 g/mol. The summed E-state index contributed by atoms with van der Waals surface area (Å²) in [4.78, 5) is 26.6. The molecule has 0 fully saturated rings. The molecule has 0 bridgehead atoms. The van der Waals surface area contributed by atoms with Gasteiger partial charge in [0.25, 0.3) is 0 Å². The number of hydrogen-bond acceptors (Lipinski definition) is 6. The normalized spacial score (nSPS) is 11.7. The van der Waals surface area contributed by atoms with Crippen LogP contribution in [0.5, 0.6) is 0 Å². The fourth-order valence-electron chi connectivity index (χ4n) is 3.45. The number of aromatic nitrogens is 1. The van der Waals surface area contributed by atoms with Crippen LogP contribution < -0.4 is 10.4 Å². The lowest BCUT2D eigenvalue weighted by Gasteiger charge is -2.14. The zero-order valence-corrected chi connectivity index (χ0v) is 16.7. The van der Waals surface area contributed by atoms with Crippen LogP contribution in [0.3, 0.4) is 0 Å². The van der Waals surface area contributed by atoms with Gasteiger partial charge in [-0.2, -0.15) is 0 Å². The Kier molecular flexibility index (Phi) is 5.77. The van der Waals surface area contributed by atoms with Crippen molar-refractivity contribution in [2.45, 2.75) is 12.3 Å². The summed E-state index contributed by atoms with van der Waals surface area (Å²) in [7, 11) is 0. The lowest BCUT2D eigenvalue weighted by atomic mass is 9.98. The van der Waals surface area contributed by atoms with E-state index >= 15 is 0 Å². The second-order valence-electron chi connectivity index (χ2n) is 6.63. The van der Waals surface area contributed by atoms with Crippen LogP contribution in [0, 0.1) is 11.8 Å². The Hall–Kier alpha value is -3.63. The molecule has 0 unspecified atom stereocenters. The van der Waals surface area contributed by atoms with Crippen LogP contribution in [0.2, 0.25) is 0 Å². The maximum atomic E-state index is 12.1. The quantitative estimate of drug-likeness (QED) is 0.509. The van der Waals surface area contributed by atoms with E-state index in [0.29, 0.717) is 18.7 Å². The number of aromatic carboxylic acids is 1. The first-order chi connectivity index (χ1) is 14.6. The van der Waals surface area contributed by atoms with Crippen LogP contribution in [0.1, 0.15) is 39.0 Å². The minimum Gasteiger partial charge on any atom is -0.542 e. The fourth-order valence-corrected chi connectivity index (χ4v) is 4.04. The van der Waals surface area contributed by atoms with E-state index < -0.39 is 12.1 Å². The zero-order valence-electron chi connectivity index (χ0n) is 15.9. The molecule has 0 spiro atoms. The molecule has 6 nitrogen and oxygen atoms in total. The standard InChI is InChI=1S/C23H18N2O4S/c26-22(27)21-25-15(14-30-21)7-5-6-12-24-23(28)29-13-20-18-10-3-1-8-16(18)17-9-2-4-11-19(17)20/h1-4,8-11,14,20H,6,12-13H2,(H,24,28)(H,26,27)/p-1. The molecule has 1 aromatic heterocycles. The summed E-state index contributed by atoms with van der Waals surface area (Å²) in [5, 5.41) is 14.8. The van der Waals surface area contributed by atoms with Gasteiger partial charge < -0.3 is 20.0 Å². The van der Waals surface area contributed by atoms with Crippen LogP contribution in [0.4, 0.5) is 4.79 Å². The van der Waals surface area contributed by atoms with Gasteiger partial charge in [0.1, 0.15) is 23.3 Å². The number of hydrogen-bond donors (Lipinski definition) is 1. The lowest BCUT2D eigenvalue weighted by molar-refractivity contribution is -0.255. The Morgan fingerprint density at radius 2 is 1.77 bits per heavy atom. The lowest BCUT2D eigenvalue weighted by Crippen LogP contribution is -2.26. The molecule has 150 valence electrons. The van der Waals surface area contributed by atoms with Gasteiger partial charge in [0.2, 0.25) is 0 Å². The fraction of sp³-hybridized carbons (Fsp3) is 0.174. The van der Waals surface area contributed by atoms with Crippen LogP contribution in [0.15, 0.2) is 53.9 Å². The zero-order chi connectivity index (χ0) is 20.9. The number of carbonyl (C=O) groups excluding carboxylic acids is 2. The van der Waals surface area contributed by atoms with Gasteiger partial charge in [-0.15, -0.1) is 11.3 Å². The molecule has 1 aliphatic carbocycles. The number of carboxylic acids is 1. The first kappa shape index (κ1) is 19.7. The number of thiazole rings is 1. The third kappa shape index (κ3) is 4.19. The summed E-state index contributed by atoms with van der Waals surface area (Å²) in [5.41, 5.74) is 5.07. The van der Waals surface area contributed by atoms with Crippen LogP contribution in [-0.4, -0.2) is 30.2 Å². The summed E-state index contributed by atoms with van der Waals surface area (Å²) in [6.45, 7) is 0.581. The number of nitrogens with zero attached hydrogens (tertiary/aromatic N) is 1. The highest BCUT2D eigenvalue weighted by Gasteiger charge is 2.28. The maximum absolute atomic E-state index is 12.1. The van der Waals surface area contributed by atoms with E-state index in [-0.39, 0.29) is 17.5 Å². The van der Waals surface area contributed by atoms with Crippen molar-refractivity contribution < 1.29 is 19.4 Å². The average Bonchev–Trinajstić information content (AvgIpc) is 3.35. The second kappa shape index (κ2) is 8.80. The molecule has 30 heavy (non-hydrogen) atoms. The molecule has 7 heteroatoms. The van der Waals surface area contributed by atoms with Gasteiger partial charge in [-0.1, -0.05) is 54.5 Å². The van der Waals surface area contributed by atoms with Crippen molar-refractivity contribution >= 4 is 23.4 Å². The summed E-state index contributed by atoms with van der Waals surface area (Å²) in [5.74, 6) is 4.31. The first-order valence-corrected chi connectivity index (χ1v) is 10.3. The van der Waals surface area contributed by atoms with Gasteiger partial charge in [-0.05, 0) is 28.2 Å². The van der Waals surface area contributed by atoms with Crippen molar-refractivity contribution in [1.82, 2.24) is 10.3 Å². The van der Waals surface area contributed by atoms with E-state index in [9.17, 15) is 14.7 Å². The van der Waals surface area contributed by atoms with Gasteiger partial charge in [-0.3, -0.25) is 0 Å². The van der Waals surface area contributed by atoms with E-state index in [2.05, 4.69) is 46.4 Å². The van der Waals surface area contributed by atoms with Gasteiger partial charge in [0.05, 0.1) is 0 Å². The predicted octanol–water partition coefficient (Wildman–Crippen LogP) is 2.79. The molecule has 0 radical (unpaired) electrons. The van der Waals surface area contributed by atoms with Crippen molar-refractivity contribution in [1.29, 1.82) is 0 Å². The third-order valence-electron chi connectivity index (χ3n) is 4.76. The molecule has 2 aromatic carbocycles. The Morgan fingerprint density at radius 1 is 1.10 bits per heavy atom. The number of amides is 1. The summed E-state index contributed by atoms with van der Waals surface area (Å²) < 4.78 is 5.45. The molecule has 3 aromatic rings. The van der Waals surface area contributed by atoms with Gasteiger partial charge in [-0.25, -0.2) is 9.78 Å². The molecule has 1 heterocycles. The molecular weight excluding hydrogens is 400 g/mol. The highest BCUT2D eigenvalue weighted by Crippen LogP contribution is 2.44. The number of benzene rings is 2. The molecule has 0 atom stereocenters. The summed E-state index contributed by atoms with van der Waals surface area (Å²) >= 11 is 0.970. The van der Waals surface area contributed by atoms with Gasteiger partial charge >= 0.3 is 6.09 Å². The van der Waals surface area contributed by atoms with Crippen molar-refractivity contribution in [3.05, 3.63) is 75.7 Å². The third-order valence-corrected chi connectivity index (χ3v) is 5.58. The maximum Gasteiger partial charge on any atom is 0.407 e. The largest absolute Gasteiger partial charge is 0.542 e. The van der Waals surface area contributed by atoms with E-state index in [0.717, 1.165) is 22.5 Å². The number of ether oxygens (including phenoxy) is 1. The minimum atomic E-state index is -1.31. The molecule has 0 aliphatic heterocycles. The van der Waals surface area contributed by atoms with E-state index in [1.54, 1.807) is 5.38 Å². The Balaban J connectivity index is 1.28. The van der Waals surface area contributed by atoms with E-state index in [1.165, 1.54) is 11.1 Å². The van der Waals surface area contributed by atoms with Gasteiger partial charge in [0, 0.05) is 24.3 Å². The summed E-state index contributed by atoms with van der Waals surface area (Å²) in [6.07, 6.45) is -0.103. The SMILES string of the molecule is O=C(NCCC#Cc1csc(C(=O)[O-])n1)OCC1c2ccccc2-c2ccccc21. The first-order valence-electron chi connectivity index (χ1n) is 9.38. The Bertz CT molecular complexity index is 1110. The van der Waals surface area contributed by atoms with Crippen molar-refractivity contribution in [3.8, 4) is 23.0 Å². The number of rotatable bonds is 5. The van der Waals surface area contributed by atoms with Crippen LogP contribution >= 0.6 is 11.3 Å².